The van der Waals surface area contributed by atoms with E-state index in [1.165, 1.54) is 4.88 Å². The molecule has 5 heteroatoms. The zero-order chi connectivity index (χ0) is 13.0. The lowest BCUT2D eigenvalue weighted by molar-refractivity contribution is 0.102. The Balaban J connectivity index is 2.04. The first-order chi connectivity index (χ1) is 8.69. The van der Waals surface area contributed by atoms with E-state index in [1.807, 2.05) is 17.5 Å². The van der Waals surface area contributed by atoms with Gasteiger partial charge in [-0.2, -0.15) is 0 Å². The minimum Gasteiger partial charge on any atom is -0.307 e. The van der Waals surface area contributed by atoms with Crippen LogP contribution < -0.4 is 5.32 Å². The lowest BCUT2D eigenvalue weighted by Crippen LogP contribution is -2.11. The van der Waals surface area contributed by atoms with Crippen LogP contribution in [0.2, 0.25) is 0 Å². The fraction of sp³-hybridized carbons (Fsp3) is 0.231. The first-order valence-electron chi connectivity index (χ1n) is 5.69. The summed E-state index contributed by atoms with van der Waals surface area (Å²) in [6, 6.07) is 5.56. The number of rotatable bonds is 4. The minimum atomic E-state index is -0.108. The highest BCUT2D eigenvalue weighted by atomic mass is 79.9. The fourth-order valence-electron chi connectivity index (χ4n) is 1.52. The van der Waals surface area contributed by atoms with Gasteiger partial charge in [0.25, 0.3) is 5.91 Å². The van der Waals surface area contributed by atoms with Crippen LogP contribution in [0.1, 0.15) is 28.6 Å². The molecular weight excluding hydrogens is 312 g/mol. The van der Waals surface area contributed by atoms with Crippen molar-refractivity contribution < 1.29 is 4.79 Å². The molecule has 0 atom stereocenters. The number of aromatic nitrogens is 1. The molecule has 1 N–H and O–H groups in total. The van der Waals surface area contributed by atoms with Crippen molar-refractivity contribution in [3.63, 3.8) is 0 Å². The Kier molecular flexibility index (Phi) is 4.49. The predicted octanol–water partition coefficient (Wildman–Crippen LogP) is 4.11. The topological polar surface area (TPSA) is 42.0 Å². The highest BCUT2D eigenvalue weighted by Crippen LogP contribution is 2.18. The Morgan fingerprint density at radius 3 is 3.00 bits per heavy atom. The maximum atomic E-state index is 12.0. The van der Waals surface area contributed by atoms with E-state index in [-0.39, 0.29) is 5.91 Å². The second kappa shape index (κ2) is 6.11. The van der Waals surface area contributed by atoms with E-state index in [2.05, 4.69) is 33.2 Å². The van der Waals surface area contributed by atoms with Crippen molar-refractivity contribution in [3.8, 4) is 0 Å². The number of carbonyl (C=O) groups excluding carboxylic acids is 1. The molecule has 2 aromatic rings. The molecule has 94 valence electrons. The van der Waals surface area contributed by atoms with E-state index >= 15 is 0 Å². The number of nitrogens with zero attached hydrogens (tertiary/aromatic N) is 1. The highest BCUT2D eigenvalue weighted by Gasteiger charge is 2.09. The summed E-state index contributed by atoms with van der Waals surface area (Å²) in [6.07, 6.45) is 3.77. The van der Waals surface area contributed by atoms with Gasteiger partial charge in [0.05, 0.1) is 5.56 Å². The van der Waals surface area contributed by atoms with Crippen LogP contribution in [-0.2, 0) is 6.42 Å². The van der Waals surface area contributed by atoms with E-state index in [4.69, 9.17) is 0 Å². The average Bonchev–Trinajstić information content (AvgIpc) is 2.81. The van der Waals surface area contributed by atoms with Gasteiger partial charge in [0, 0.05) is 20.9 Å². The van der Waals surface area contributed by atoms with Crippen molar-refractivity contribution in [2.24, 2.45) is 0 Å². The first kappa shape index (κ1) is 13.2. The molecule has 0 fully saturated rings. The lowest BCUT2D eigenvalue weighted by Gasteiger charge is -2.02. The molecule has 18 heavy (non-hydrogen) atoms. The van der Waals surface area contributed by atoms with Crippen LogP contribution in [0.25, 0.3) is 0 Å². The van der Waals surface area contributed by atoms with Crippen molar-refractivity contribution in [3.05, 3.63) is 44.7 Å². The minimum absolute atomic E-state index is 0.108. The molecule has 0 radical (unpaired) electrons. The highest BCUT2D eigenvalue weighted by molar-refractivity contribution is 9.10. The summed E-state index contributed by atoms with van der Waals surface area (Å²) in [7, 11) is 0. The number of halogens is 1. The summed E-state index contributed by atoms with van der Waals surface area (Å²) in [5.41, 5.74) is 0.702. The van der Waals surface area contributed by atoms with Gasteiger partial charge in [-0.05, 0) is 40.5 Å². The third-order valence-electron chi connectivity index (χ3n) is 2.38. The van der Waals surface area contributed by atoms with Gasteiger partial charge in [-0.15, -0.1) is 11.3 Å². The molecule has 0 bridgehead atoms. The molecule has 0 spiro atoms. The molecule has 0 saturated carbocycles. The van der Waals surface area contributed by atoms with Crippen LogP contribution >= 0.6 is 27.3 Å². The summed E-state index contributed by atoms with van der Waals surface area (Å²) < 4.78 is 0.890. The molecule has 0 unspecified atom stereocenters. The third kappa shape index (κ3) is 3.40. The average molecular weight is 325 g/mol. The summed E-state index contributed by atoms with van der Waals surface area (Å²) >= 11 is 4.93. The number of nitrogens with one attached hydrogen (secondary N) is 1. The first-order valence-corrected chi connectivity index (χ1v) is 7.36. The molecule has 3 nitrogen and oxygen atoms in total. The number of carbonyl (C=O) groups is 1. The molecule has 2 heterocycles. The summed E-state index contributed by atoms with van der Waals surface area (Å²) in [5.74, 6) is 0.454. The van der Waals surface area contributed by atoms with E-state index in [9.17, 15) is 4.79 Å². The second-order valence-electron chi connectivity index (χ2n) is 3.87. The quantitative estimate of drug-likeness (QED) is 0.919. The molecule has 0 aliphatic carbocycles. The maximum Gasteiger partial charge on any atom is 0.257 e. The van der Waals surface area contributed by atoms with Gasteiger partial charge >= 0.3 is 0 Å². The number of hydrogen-bond donors (Lipinski definition) is 1. The van der Waals surface area contributed by atoms with Crippen LogP contribution in [0.3, 0.4) is 0 Å². The van der Waals surface area contributed by atoms with Gasteiger partial charge in [0.2, 0.25) is 0 Å². The Morgan fingerprint density at radius 2 is 2.33 bits per heavy atom. The second-order valence-corrected chi connectivity index (χ2v) is 5.78. The van der Waals surface area contributed by atoms with E-state index < -0.39 is 0 Å². The Bertz CT molecular complexity index is 536. The SMILES string of the molecule is CCCc1cc(C(=O)Nc2ccc(Br)cn2)cs1. The Morgan fingerprint density at radius 1 is 1.50 bits per heavy atom. The van der Waals surface area contributed by atoms with Crippen LogP contribution in [0.5, 0.6) is 0 Å². The molecular formula is C13H13BrN2OS. The number of anilines is 1. The monoisotopic (exact) mass is 324 g/mol. The van der Waals surface area contributed by atoms with Crippen LogP contribution in [0.15, 0.2) is 34.2 Å². The standard InChI is InChI=1S/C13H13BrN2OS/c1-2-3-11-6-9(8-18-11)13(17)16-12-5-4-10(14)7-15-12/h4-8H,2-3H2,1H3,(H,15,16,17). The van der Waals surface area contributed by atoms with E-state index in [0.29, 0.717) is 11.4 Å². The smallest absolute Gasteiger partial charge is 0.257 e. The fourth-order valence-corrected chi connectivity index (χ4v) is 2.72. The third-order valence-corrected chi connectivity index (χ3v) is 3.85. The number of amides is 1. The zero-order valence-electron chi connectivity index (χ0n) is 9.94. The summed E-state index contributed by atoms with van der Waals surface area (Å²) in [6.45, 7) is 2.13. The number of pyridine rings is 1. The largest absolute Gasteiger partial charge is 0.307 e. The van der Waals surface area contributed by atoms with Crippen molar-refractivity contribution in [2.45, 2.75) is 19.8 Å². The Hall–Kier alpha value is -1.20. The molecule has 0 aliphatic rings. The number of aryl methyl sites for hydroxylation is 1. The normalized spacial score (nSPS) is 10.3. The van der Waals surface area contributed by atoms with Crippen molar-refractivity contribution >= 4 is 39.0 Å². The van der Waals surface area contributed by atoms with Gasteiger partial charge in [-0.1, -0.05) is 13.3 Å². The molecule has 0 aromatic carbocycles. The number of thiophene rings is 1. The van der Waals surface area contributed by atoms with Crippen molar-refractivity contribution in [2.75, 3.05) is 5.32 Å². The summed E-state index contributed by atoms with van der Waals surface area (Å²) in [5, 5.41) is 4.66. The van der Waals surface area contributed by atoms with E-state index in [1.54, 1.807) is 23.6 Å². The predicted molar refractivity (Wildman–Crippen MR) is 78.2 cm³/mol. The molecule has 0 saturated heterocycles. The summed E-state index contributed by atoms with van der Waals surface area (Å²) in [4.78, 5) is 17.3. The zero-order valence-corrected chi connectivity index (χ0v) is 12.3. The van der Waals surface area contributed by atoms with Gasteiger partial charge in [0.1, 0.15) is 5.82 Å². The van der Waals surface area contributed by atoms with Crippen molar-refractivity contribution in [1.29, 1.82) is 0 Å². The lowest BCUT2D eigenvalue weighted by atomic mass is 10.2. The van der Waals surface area contributed by atoms with Crippen molar-refractivity contribution in [1.82, 2.24) is 4.98 Å². The molecule has 1 amide bonds. The molecule has 2 rings (SSSR count). The van der Waals surface area contributed by atoms with Crippen LogP contribution in [-0.4, -0.2) is 10.9 Å². The Labute approximate surface area is 118 Å². The van der Waals surface area contributed by atoms with Crippen LogP contribution in [0, 0.1) is 0 Å². The van der Waals surface area contributed by atoms with Gasteiger partial charge in [-0.3, -0.25) is 4.79 Å². The molecule has 2 aromatic heterocycles. The van der Waals surface area contributed by atoms with Gasteiger partial charge in [0.15, 0.2) is 0 Å². The number of hydrogen-bond acceptors (Lipinski definition) is 3. The molecule has 0 aliphatic heterocycles. The van der Waals surface area contributed by atoms with E-state index in [0.717, 1.165) is 17.3 Å². The van der Waals surface area contributed by atoms with Crippen LogP contribution in [0.4, 0.5) is 5.82 Å². The maximum absolute atomic E-state index is 12.0. The van der Waals surface area contributed by atoms with Gasteiger partial charge < -0.3 is 5.32 Å². The van der Waals surface area contributed by atoms with Gasteiger partial charge in [-0.25, -0.2) is 4.98 Å².